The molecule has 16 rings (SSSR count). The Hall–Kier alpha value is -9.76. The second kappa shape index (κ2) is 16.9. The molecule has 1 aromatic heterocycles. The normalized spacial score (nSPS) is 13.7. The molecule has 0 radical (unpaired) electrons. The maximum Gasteiger partial charge on any atom is 0.0725 e. The van der Waals surface area contributed by atoms with E-state index in [0.29, 0.717) is 0 Å². The largest absolute Gasteiger partial charge is 0.310 e. The SMILES string of the molecule is CC1(C)c2ccccc2-c2ccc(N(c3ccc(-c4ccccc4)cc3)c3cc(-c4ccccc4)cc(-c4ccc5c(c4)c4c6c(ccc4n5-c4ccccc4)C4(c5ccccc5-c5ccccc54)c4ccccc4-6)c3)cc21. The van der Waals surface area contributed by atoms with Gasteiger partial charge in [-0.05, 0) is 173 Å². The van der Waals surface area contributed by atoms with Crippen LogP contribution in [0.25, 0.3) is 94.3 Å². The van der Waals surface area contributed by atoms with Crippen LogP contribution in [0.5, 0.6) is 0 Å². The van der Waals surface area contributed by atoms with Crippen molar-refractivity contribution in [3.8, 4) is 72.4 Å². The van der Waals surface area contributed by atoms with E-state index >= 15 is 0 Å². The number of fused-ring (bicyclic) bond motifs is 17. The van der Waals surface area contributed by atoms with Crippen molar-refractivity contribution in [1.82, 2.24) is 4.57 Å². The monoisotopic (exact) mass is 992 g/mol. The second-order valence-corrected chi connectivity index (χ2v) is 22.0. The van der Waals surface area contributed by atoms with E-state index in [4.69, 9.17) is 0 Å². The Morgan fingerprint density at radius 1 is 0.295 bits per heavy atom. The first kappa shape index (κ1) is 44.5. The molecule has 0 unspecified atom stereocenters. The van der Waals surface area contributed by atoms with Gasteiger partial charge in [0.05, 0.1) is 16.4 Å². The predicted octanol–water partition coefficient (Wildman–Crippen LogP) is 19.9. The van der Waals surface area contributed by atoms with Gasteiger partial charge in [0.15, 0.2) is 0 Å². The van der Waals surface area contributed by atoms with Gasteiger partial charge in [-0.2, -0.15) is 0 Å². The first-order valence-electron chi connectivity index (χ1n) is 27.3. The van der Waals surface area contributed by atoms with Crippen molar-refractivity contribution >= 4 is 38.9 Å². The lowest BCUT2D eigenvalue weighted by Crippen LogP contribution is -2.25. The summed E-state index contributed by atoms with van der Waals surface area (Å²) in [7, 11) is 0. The van der Waals surface area contributed by atoms with Gasteiger partial charge in [0.1, 0.15) is 0 Å². The van der Waals surface area contributed by atoms with Gasteiger partial charge in [0.25, 0.3) is 0 Å². The molecule has 0 aliphatic heterocycles. The molecule has 1 spiro atoms. The van der Waals surface area contributed by atoms with Gasteiger partial charge in [0.2, 0.25) is 0 Å². The van der Waals surface area contributed by atoms with E-state index in [1.165, 1.54) is 105 Å². The highest BCUT2D eigenvalue weighted by atomic mass is 15.1. The van der Waals surface area contributed by atoms with E-state index in [1.807, 2.05) is 0 Å². The zero-order chi connectivity index (χ0) is 51.7. The number of para-hydroxylation sites is 1. The third-order valence-electron chi connectivity index (χ3n) is 17.6. The van der Waals surface area contributed by atoms with Crippen LogP contribution in [0.1, 0.15) is 47.2 Å². The number of hydrogen-bond acceptors (Lipinski definition) is 1. The van der Waals surface area contributed by atoms with Crippen molar-refractivity contribution in [2.24, 2.45) is 0 Å². The molecule has 366 valence electrons. The highest BCUT2D eigenvalue weighted by Gasteiger charge is 2.52. The maximum absolute atomic E-state index is 2.49. The summed E-state index contributed by atoms with van der Waals surface area (Å²) in [5.74, 6) is 0. The van der Waals surface area contributed by atoms with Crippen LogP contribution < -0.4 is 4.90 Å². The standard InChI is InChI=1S/C76H52N2/c1-75(2)65-30-16-12-26-59(65)62-40-39-57(48-70(62)75)77(56-37-34-51(35-38-56)49-20-6-3-7-21-49)58-45-53(50-22-8-4-9-23-50)44-54(46-58)52-36-42-71-64(47-52)74-72(78(71)55-24-10-5-11-25-55)43-41-69-73(74)63-29-15-19-33-68(63)76(69)66-31-17-13-27-60(66)61-28-14-18-32-67(61)76/h3-48H,1-2H3. The number of rotatable bonds is 7. The summed E-state index contributed by atoms with van der Waals surface area (Å²) in [4.78, 5) is 2.48. The molecular formula is C76H52N2. The van der Waals surface area contributed by atoms with Crippen molar-refractivity contribution in [3.05, 3.63) is 312 Å². The zero-order valence-corrected chi connectivity index (χ0v) is 43.5. The highest BCUT2D eigenvalue weighted by Crippen LogP contribution is 2.64. The molecule has 0 bridgehead atoms. The van der Waals surface area contributed by atoms with Crippen molar-refractivity contribution in [3.63, 3.8) is 0 Å². The summed E-state index contributed by atoms with van der Waals surface area (Å²) < 4.78 is 2.49. The smallest absolute Gasteiger partial charge is 0.0725 e. The van der Waals surface area contributed by atoms with Crippen molar-refractivity contribution in [2.75, 3.05) is 4.90 Å². The first-order valence-corrected chi connectivity index (χ1v) is 27.3. The molecule has 0 N–H and O–H groups in total. The van der Waals surface area contributed by atoms with Crippen molar-refractivity contribution in [1.29, 1.82) is 0 Å². The first-order chi connectivity index (χ1) is 38.4. The van der Waals surface area contributed by atoms with Crippen LogP contribution in [-0.4, -0.2) is 4.57 Å². The lowest BCUT2D eigenvalue weighted by molar-refractivity contribution is 0.660. The molecule has 2 heteroatoms. The summed E-state index contributed by atoms with van der Waals surface area (Å²) in [6, 6.07) is 104. The number of benzene rings is 12. The van der Waals surface area contributed by atoms with Crippen LogP contribution in [0.4, 0.5) is 17.1 Å². The van der Waals surface area contributed by atoms with Crippen LogP contribution in [0.2, 0.25) is 0 Å². The lowest BCUT2D eigenvalue weighted by atomic mass is 9.70. The van der Waals surface area contributed by atoms with Crippen molar-refractivity contribution in [2.45, 2.75) is 24.7 Å². The van der Waals surface area contributed by atoms with Crippen LogP contribution in [0.15, 0.2) is 279 Å². The third-order valence-corrected chi connectivity index (χ3v) is 17.6. The minimum atomic E-state index is -0.455. The lowest BCUT2D eigenvalue weighted by Gasteiger charge is -2.30. The molecule has 78 heavy (non-hydrogen) atoms. The number of nitrogens with zero attached hydrogens (tertiary/aromatic N) is 2. The van der Waals surface area contributed by atoms with E-state index in [2.05, 4.69) is 302 Å². The molecule has 3 aliphatic rings. The quantitative estimate of drug-likeness (QED) is 0.154. The maximum atomic E-state index is 2.49. The topological polar surface area (TPSA) is 8.17 Å². The Kier molecular flexibility index (Phi) is 9.63. The van der Waals surface area contributed by atoms with Gasteiger partial charge in [-0.1, -0.05) is 220 Å². The van der Waals surface area contributed by atoms with E-state index in [-0.39, 0.29) is 5.41 Å². The molecule has 0 fully saturated rings. The second-order valence-electron chi connectivity index (χ2n) is 22.0. The Morgan fingerprint density at radius 3 is 1.42 bits per heavy atom. The molecule has 1 heterocycles. The van der Waals surface area contributed by atoms with Gasteiger partial charge in [-0.3, -0.25) is 0 Å². The minimum Gasteiger partial charge on any atom is -0.310 e. The van der Waals surface area contributed by atoms with Gasteiger partial charge < -0.3 is 9.47 Å². The molecule has 3 aliphatic carbocycles. The number of aromatic nitrogens is 1. The average molecular weight is 993 g/mol. The fourth-order valence-electron chi connectivity index (χ4n) is 14.1. The number of hydrogen-bond donors (Lipinski definition) is 0. The molecule has 2 nitrogen and oxygen atoms in total. The summed E-state index contributed by atoms with van der Waals surface area (Å²) in [6.07, 6.45) is 0. The fourth-order valence-corrected chi connectivity index (χ4v) is 14.1. The van der Waals surface area contributed by atoms with E-state index < -0.39 is 5.41 Å². The van der Waals surface area contributed by atoms with E-state index in [1.54, 1.807) is 0 Å². The Morgan fingerprint density at radius 2 is 0.769 bits per heavy atom. The van der Waals surface area contributed by atoms with Crippen molar-refractivity contribution < 1.29 is 0 Å². The molecule has 13 aromatic rings. The molecule has 0 amide bonds. The van der Waals surface area contributed by atoms with Crippen LogP contribution >= 0.6 is 0 Å². The van der Waals surface area contributed by atoms with Crippen LogP contribution in [0.3, 0.4) is 0 Å². The minimum absolute atomic E-state index is 0.166. The van der Waals surface area contributed by atoms with Gasteiger partial charge in [0, 0.05) is 38.9 Å². The average Bonchev–Trinajstić information content (AvgIpc) is 4.21. The summed E-state index contributed by atoms with van der Waals surface area (Å²) >= 11 is 0. The summed E-state index contributed by atoms with van der Waals surface area (Å²) in [5, 5.41) is 2.51. The summed E-state index contributed by atoms with van der Waals surface area (Å²) in [5.41, 5.74) is 29.2. The zero-order valence-electron chi connectivity index (χ0n) is 43.5. The Balaban J connectivity index is 0.950. The predicted molar refractivity (Wildman–Crippen MR) is 326 cm³/mol. The van der Waals surface area contributed by atoms with E-state index in [9.17, 15) is 0 Å². The van der Waals surface area contributed by atoms with Gasteiger partial charge >= 0.3 is 0 Å². The van der Waals surface area contributed by atoms with Gasteiger partial charge in [-0.15, -0.1) is 0 Å². The molecule has 0 saturated heterocycles. The van der Waals surface area contributed by atoms with Gasteiger partial charge in [-0.25, -0.2) is 0 Å². The molecule has 12 aromatic carbocycles. The highest BCUT2D eigenvalue weighted by molar-refractivity contribution is 6.19. The molecular weight excluding hydrogens is 941 g/mol. The van der Waals surface area contributed by atoms with Crippen LogP contribution in [0, 0.1) is 0 Å². The number of anilines is 3. The fraction of sp³-hybridized carbons (Fsp3) is 0.0526. The molecule has 0 atom stereocenters. The summed E-state index contributed by atoms with van der Waals surface area (Å²) in [6.45, 7) is 4.75. The Labute approximate surface area is 455 Å². The molecule has 0 saturated carbocycles. The Bertz CT molecular complexity index is 4520. The third kappa shape index (κ3) is 6.32. The van der Waals surface area contributed by atoms with E-state index in [0.717, 1.165) is 39.4 Å². The van der Waals surface area contributed by atoms with Crippen LogP contribution in [-0.2, 0) is 10.8 Å².